The number of ether oxygens (including phenoxy) is 2. The second kappa shape index (κ2) is 3.12. The monoisotopic (exact) mass is 182 g/mol. The Labute approximate surface area is 76.3 Å². The van der Waals surface area contributed by atoms with Crippen LogP contribution in [0.3, 0.4) is 0 Å². The van der Waals surface area contributed by atoms with Gasteiger partial charge in [0.05, 0.1) is 0 Å². The first-order chi connectivity index (χ1) is 6.31. The highest BCUT2D eigenvalue weighted by atomic mass is 16.6. The molecule has 2 heterocycles. The lowest BCUT2D eigenvalue weighted by atomic mass is 10.3. The van der Waals surface area contributed by atoms with Crippen LogP contribution in [-0.4, -0.2) is 17.9 Å². The van der Waals surface area contributed by atoms with Crippen LogP contribution in [0.5, 0.6) is 11.6 Å². The van der Waals surface area contributed by atoms with E-state index in [9.17, 15) is 5.21 Å². The first-order valence-corrected chi connectivity index (χ1v) is 4.34. The Morgan fingerprint density at radius 1 is 1.69 bits per heavy atom. The summed E-state index contributed by atoms with van der Waals surface area (Å²) in [6.45, 7) is 2.57. The van der Waals surface area contributed by atoms with Crippen LogP contribution in [0, 0.1) is 0 Å². The predicted molar refractivity (Wildman–Crippen MR) is 44.0 cm³/mol. The number of pyridine rings is 1. The Balaban J connectivity index is 2.32. The summed E-state index contributed by atoms with van der Waals surface area (Å²) in [6.07, 6.45) is 2.42. The fourth-order valence-corrected chi connectivity index (χ4v) is 1.26. The molecule has 1 aromatic heterocycles. The molecule has 4 heteroatoms. The van der Waals surface area contributed by atoms with Gasteiger partial charge in [0, 0.05) is 10.8 Å². The fraction of sp³-hybridized carbons (Fsp3) is 0.444. The van der Waals surface area contributed by atoms with E-state index < -0.39 is 0 Å². The summed E-state index contributed by atoms with van der Waals surface area (Å²) >= 11 is 0. The van der Waals surface area contributed by atoms with Crippen molar-refractivity contribution < 1.29 is 19.4 Å². The molecule has 0 saturated carbocycles. The highest BCUT2D eigenvalue weighted by molar-refractivity contribution is 5.29. The number of rotatable bonds is 1. The van der Waals surface area contributed by atoms with Crippen LogP contribution in [0.4, 0.5) is 0 Å². The van der Waals surface area contributed by atoms with Gasteiger partial charge in [-0.25, -0.2) is 0 Å². The van der Waals surface area contributed by atoms with E-state index in [1.807, 2.05) is 6.92 Å². The van der Waals surface area contributed by atoms with Gasteiger partial charge in [0.15, 0.2) is 0 Å². The molecule has 0 radical (unpaired) electrons. The minimum absolute atomic E-state index is 0.0355. The summed E-state index contributed by atoms with van der Waals surface area (Å²) in [5, 5.41) is 9.38. The van der Waals surface area contributed by atoms with Gasteiger partial charge in [0.1, 0.15) is 12.7 Å². The molecule has 0 aliphatic carbocycles. The minimum Gasteiger partial charge on any atom is -0.480 e. The van der Waals surface area contributed by atoms with Crippen LogP contribution >= 0.6 is 0 Å². The molecule has 0 bridgehead atoms. The van der Waals surface area contributed by atoms with Crippen molar-refractivity contribution in [3.63, 3.8) is 0 Å². The van der Waals surface area contributed by atoms with Crippen molar-refractivity contribution in [3.8, 4) is 11.6 Å². The maximum atomic E-state index is 9.38. The average Bonchev–Trinajstić information content (AvgIpc) is 2.18. The van der Waals surface area contributed by atoms with Crippen LogP contribution in [0.25, 0.3) is 0 Å². The quantitative estimate of drug-likeness (QED) is 0.515. The zero-order chi connectivity index (χ0) is 9.26. The molecule has 0 spiro atoms. The van der Waals surface area contributed by atoms with Crippen molar-refractivity contribution in [2.45, 2.75) is 19.4 Å². The van der Waals surface area contributed by atoms with Gasteiger partial charge in [-0.05, 0) is 12.5 Å². The molecule has 70 valence electrons. The number of nitrogens with zero attached hydrogens (tertiary/aromatic N) is 1. The molecule has 13 heavy (non-hydrogen) atoms. The Hall–Kier alpha value is -1.45. The summed E-state index contributed by atoms with van der Waals surface area (Å²) < 4.78 is 11.8. The van der Waals surface area contributed by atoms with E-state index in [4.69, 9.17) is 9.47 Å². The zero-order valence-corrected chi connectivity index (χ0v) is 7.43. The van der Waals surface area contributed by atoms with Crippen LogP contribution in [-0.2, 0) is 0 Å². The fourth-order valence-electron chi connectivity index (χ4n) is 1.26. The normalized spacial score (nSPS) is 19.9. The third-order valence-corrected chi connectivity index (χ3v) is 2.05. The predicted octanol–water partition coefficient (Wildman–Crippen LogP) is 0.761. The van der Waals surface area contributed by atoms with Crippen molar-refractivity contribution in [1.29, 1.82) is 0 Å². The molecular weight excluding hydrogens is 170 g/mol. The van der Waals surface area contributed by atoms with Crippen molar-refractivity contribution in [2.24, 2.45) is 0 Å². The summed E-state index contributed by atoms with van der Waals surface area (Å²) in [5.74, 6) is 0.982. The van der Waals surface area contributed by atoms with Crippen LogP contribution in [0.15, 0.2) is 18.3 Å². The summed E-state index contributed by atoms with van der Waals surface area (Å²) in [4.78, 5) is 0. The molecule has 0 fully saturated rings. The number of hydrogen-bond donors (Lipinski definition) is 1. The lowest BCUT2D eigenvalue weighted by molar-refractivity contribution is -0.907. The molecule has 1 aromatic rings. The van der Waals surface area contributed by atoms with Gasteiger partial charge in [-0.15, -0.1) is 0 Å². The molecule has 0 aromatic carbocycles. The number of fused-ring (bicyclic) bond motifs is 1. The Bertz CT molecular complexity index is 314. The summed E-state index contributed by atoms with van der Waals surface area (Å²) in [6, 6.07) is 3.47. The Kier molecular flexibility index (Phi) is 1.96. The van der Waals surface area contributed by atoms with E-state index >= 15 is 0 Å². The summed E-state index contributed by atoms with van der Waals surface area (Å²) in [7, 11) is 0. The minimum atomic E-state index is 0.0355. The average molecular weight is 182 g/mol. The van der Waals surface area contributed by atoms with E-state index in [2.05, 4.69) is 0 Å². The molecule has 1 aliphatic heterocycles. The lowest BCUT2D eigenvalue weighted by Crippen LogP contribution is -2.39. The van der Waals surface area contributed by atoms with Gasteiger partial charge in [-0.3, -0.25) is 5.21 Å². The maximum Gasteiger partial charge on any atom is 0.460 e. The van der Waals surface area contributed by atoms with Crippen molar-refractivity contribution in [1.82, 2.24) is 0 Å². The lowest BCUT2D eigenvalue weighted by Gasteiger charge is -2.21. The van der Waals surface area contributed by atoms with E-state index in [1.54, 1.807) is 12.1 Å². The molecule has 0 amide bonds. The molecular formula is C9H12NO3+. The third-order valence-electron chi connectivity index (χ3n) is 2.05. The van der Waals surface area contributed by atoms with Gasteiger partial charge in [-0.2, -0.15) is 0 Å². The van der Waals surface area contributed by atoms with E-state index in [-0.39, 0.29) is 6.10 Å². The van der Waals surface area contributed by atoms with Crippen LogP contribution < -0.4 is 14.2 Å². The van der Waals surface area contributed by atoms with Crippen molar-refractivity contribution in [2.75, 3.05) is 6.61 Å². The van der Waals surface area contributed by atoms with E-state index in [0.717, 1.165) is 11.2 Å². The molecule has 1 unspecified atom stereocenters. The SMILES string of the molecule is CCC1COc2ccc[n+](O)c2O1. The number of aromatic nitrogens is 1. The molecule has 1 N–H and O–H groups in total. The van der Waals surface area contributed by atoms with Crippen LogP contribution in [0.2, 0.25) is 0 Å². The molecule has 0 saturated heterocycles. The van der Waals surface area contributed by atoms with Crippen molar-refractivity contribution >= 4 is 0 Å². The topological polar surface area (TPSA) is 42.6 Å². The first-order valence-electron chi connectivity index (χ1n) is 4.34. The smallest absolute Gasteiger partial charge is 0.460 e. The van der Waals surface area contributed by atoms with Gasteiger partial charge < -0.3 is 9.47 Å². The zero-order valence-electron chi connectivity index (χ0n) is 7.43. The standard InChI is InChI=1S/C9H12NO3/c1-2-7-6-12-8-4-3-5-10(11)9(8)13-7/h3-5,7,11H,2,6H2,1H3/q+1. The molecule has 4 nitrogen and oxygen atoms in total. The van der Waals surface area contributed by atoms with Crippen molar-refractivity contribution in [3.05, 3.63) is 18.3 Å². The van der Waals surface area contributed by atoms with Gasteiger partial charge >= 0.3 is 5.88 Å². The maximum absolute atomic E-state index is 9.38. The van der Waals surface area contributed by atoms with Gasteiger partial charge in [0.25, 0.3) is 0 Å². The molecule has 1 atom stereocenters. The third kappa shape index (κ3) is 1.39. The second-order valence-corrected chi connectivity index (χ2v) is 2.98. The van der Waals surface area contributed by atoms with E-state index in [0.29, 0.717) is 18.2 Å². The first kappa shape index (κ1) is 8.16. The van der Waals surface area contributed by atoms with Gasteiger partial charge in [0.2, 0.25) is 11.9 Å². The second-order valence-electron chi connectivity index (χ2n) is 2.98. The Morgan fingerprint density at radius 2 is 2.54 bits per heavy atom. The van der Waals surface area contributed by atoms with Gasteiger partial charge in [-0.1, -0.05) is 6.92 Å². The summed E-state index contributed by atoms with van der Waals surface area (Å²) in [5.41, 5.74) is 0. The highest BCUT2D eigenvalue weighted by Crippen LogP contribution is 2.27. The highest BCUT2D eigenvalue weighted by Gasteiger charge is 2.28. The Morgan fingerprint density at radius 3 is 3.31 bits per heavy atom. The van der Waals surface area contributed by atoms with E-state index in [1.165, 1.54) is 6.20 Å². The van der Waals surface area contributed by atoms with Crippen LogP contribution in [0.1, 0.15) is 13.3 Å². The number of hydrogen-bond acceptors (Lipinski definition) is 3. The molecule has 2 rings (SSSR count). The molecule has 1 aliphatic rings. The largest absolute Gasteiger partial charge is 0.480 e.